The summed E-state index contributed by atoms with van der Waals surface area (Å²) in [4.78, 5) is 0. The van der Waals surface area contributed by atoms with Gasteiger partial charge in [0.1, 0.15) is 0 Å². The zero-order valence-electron chi connectivity index (χ0n) is 15.6. The second-order valence-corrected chi connectivity index (χ2v) is 7.91. The van der Waals surface area contributed by atoms with E-state index < -0.39 is 0 Å². The molecular weight excluding hydrogens is 357 g/mol. The minimum atomic E-state index is -0.327. The fourth-order valence-corrected chi connectivity index (χ4v) is 4.87. The quantitative estimate of drug-likeness (QED) is 0.563. The first-order chi connectivity index (χ1) is 12.3. The molecule has 0 saturated carbocycles. The summed E-state index contributed by atoms with van der Waals surface area (Å²) in [5.74, 6) is 0. The van der Waals surface area contributed by atoms with E-state index in [-0.39, 0.29) is 20.3 Å². The molecule has 0 radical (unpaired) electrons. The molecule has 0 atom stereocenters. The van der Waals surface area contributed by atoms with Crippen LogP contribution in [0.3, 0.4) is 0 Å². The smallest absolute Gasteiger partial charge is 0.000743 e. The van der Waals surface area contributed by atoms with Crippen molar-refractivity contribution in [3.63, 3.8) is 0 Å². The summed E-state index contributed by atoms with van der Waals surface area (Å²) >= 11 is 0. The third kappa shape index (κ3) is 7.70. The lowest BCUT2D eigenvalue weighted by Crippen LogP contribution is -2.12. The fourth-order valence-electron chi connectivity index (χ4n) is 2.56. The van der Waals surface area contributed by atoms with E-state index in [0.717, 1.165) is 19.3 Å². The van der Waals surface area contributed by atoms with E-state index in [1.165, 1.54) is 16.2 Å². The Balaban J connectivity index is 0.000000501. The molecule has 0 aromatic heterocycles. The minimum absolute atomic E-state index is 0. The Morgan fingerprint density at radius 3 is 1.35 bits per heavy atom. The Hall–Kier alpha value is -1.66. The highest BCUT2D eigenvalue weighted by molar-refractivity contribution is 7.72. The molecule has 1 N–H and O–H groups in total. The fraction of sp³-hybridized carbons (Fsp3) is 0.217. The van der Waals surface area contributed by atoms with Gasteiger partial charge in [-0.1, -0.05) is 105 Å². The van der Waals surface area contributed by atoms with Gasteiger partial charge in [-0.15, -0.1) is 12.4 Å². The number of hydrogen-bond donors (Lipinski definition) is 1. The molecule has 0 heterocycles. The maximum absolute atomic E-state index is 3.11. The maximum Gasteiger partial charge on any atom is 0.000743 e. The Morgan fingerprint density at radius 1 is 0.615 bits per heavy atom. The Kier molecular flexibility index (Phi) is 11.6. The van der Waals surface area contributed by atoms with E-state index in [0.29, 0.717) is 0 Å². The van der Waals surface area contributed by atoms with Gasteiger partial charge in [0, 0.05) is 6.16 Å². The van der Waals surface area contributed by atoms with Crippen LogP contribution in [0, 0.1) is 0 Å². The maximum atomic E-state index is 3.11. The SMILES string of the molecule is CCNCC.Cl.c1ccc(CP(c2ccccc2)c2ccccc2)cc1. The van der Waals surface area contributed by atoms with Crippen molar-refractivity contribution in [1.82, 2.24) is 5.32 Å². The molecule has 26 heavy (non-hydrogen) atoms. The Labute approximate surface area is 166 Å². The van der Waals surface area contributed by atoms with Gasteiger partial charge in [0.05, 0.1) is 0 Å². The molecule has 1 nitrogen and oxygen atoms in total. The van der Waals surface area contributed by atoms with Crippen LogP contribution in [0.2, 0.25) is 0 Å². The van der Waals surface area contributed by atoms with Gasteiger partial charge in [-0.05, 0) is 37.2 Å². The minimum Gasteiger partial charge on any atom is -0.317 e. The first-order valence-corrected chi connectivity index (χ1v) is 10.5. The Morgan fingerprint density at radius 2 is 1.00 bits per heavy atom. The van der Waals surface area contributed by atoms with Crippen LogP contribution in [0.5, 0.6) is 0 Å². The van der Waals surface area contributed by atoms with Gasteiger partial charge in [-0.25, -0.2) is 0 Å². The average Bonchev–Trinajstić information content (AvgIpc) is 2.69. The van der Waals surface area contributed by atoms with Crippen molar-refractivity contribution in [2.24, 2.45) is 0 Å². The van der Waals surface area contributed by atoms with E-state index in [4.69, 9.17) is 0 Å². The zero-order chi connectivity index (χ0) is 17.7. The number of nitrogens with one attached hydrogen (secondary N) is 1. The average molecular weight is 386 g/mol. The van der Waals surface area contributed by atoms with Gasteiger partial charge in [-0.3, -0.25) is 0 Å². The first-order valence-electron chi connectivity index (χ1n) is 8.97. The molecule has 138 valence electrons. The second kappa shape index (κ2) is 13.5. The van der Waals surface area contributed by atoms with Gasteiger partial charge in [-0.2, -0.15) is 0 Å². The van der Waals surface area contributed by atoms with E-state index in [9.17, 15) is 0 Å². The van der Waals surface area contributed by atoms with Crippen molar-refractivity contribution >= 4 is 30.9 Å². The molecule has 0 aliphatic carbocycles. The lowest BCUT2D eigenvalue weighted by atomic mass is 10.2. The summed E-state index contributed by atoms with van der Waals surface area (Å²) in [6.07, 6.45) is 1.10. The van der Waals surface area contributed by atoms with Crippen molar-refractivity contribution < 1.29 is 0 Å². The monoisotopic (exact) mass is 385 g/mol. The topological polar surface area (TPSA) is 12.0 Å². The van der Waals surface area contributed by atoms with E-state index in [2.05, 4.69) is 110 Å². The van der Waals surface area contributed by atoms with Crippen LogP contribution in [0.1, 0.15) is 19.4 Å². The molecule has 0 saturated heterocycles. The summed E-state index contributed by atoms with van der Waals surface area (Å²) < 4.78 is 0. The van der Waals surface area contributed by atoms with Crippen LogP contribution in [0.4, 0.5) is 0 Å². The molecule has 3 aromatic carbocycles. The third-order valence-electron chi connectivity index (χ3n) is 3.82. The van der Waals surface area contributed by atoms with E-state index in [1.807, 2.05) is 0 Å². The number of benzene rings is 3. The number of hydrogen-bond acceptors (Lipinski definition) is 1. The molecule has 0 amide bonds. The summed E-state index contributed by atoms with van der Waals surface area (Å²) in [6.45, 7) is 6.39. The summed E-state index contributed by atoms with van der Waals surface area (Å²) in [5, 5.41) is 6.00. The molecule has 3 rings (SSSR count). The molecular formula is C23H29ClNP. The second-order valence-electron chi connectivity index (χ2n) is 5.70. The highest BCUT2D eigenvalue weighted by Gasteiger charge is 2.13. The van der Waals surface area contributed by atoms with Crippen LogP contribution in [0.25, 0.3) is 0 Å². The van der Waals surface area contributed by atoms with E-state index >= 15 is 0 Å². The highest BCUT2D eigenvalue weighted by Crippen LogP contribution is 2.37. The summed E-state index contributed by atoms with van der Waals surface area (Å²) in [5.41, 5.74) is 1.41. The van der Waals surface area contributed by atoms with Crippen molar-refractivity contribution in [1.29, 1.82) is 0 Å². The van der Waals surface area contributed by atoms with Crippen LogP contribution < -0.4 is 15.9 Å². The molecule has 3 aromatic rings. The lowest BCUT2D eigenvalue weighted by Gasteiger charge is -2.18. The van der Waals surface area contributed by atoms with Gasteiger partial charge in [0.2, 0.25) is 0 Å². The molecule has 0 aliphatic rings. The number of halogens is 1. The van der Waals surface area contributed by atoms with Gasteiger partial charge >= 0.3 is 0 Å². The van der Waals surface area contributed by atoms with Crippen molar-refractivity contribution in [3.05, 3.63) is 96.6 Å². The van der Waals surface area contributed by atoms with E-state index in [1.54, 1.807) is 0 Å². The normalized spacial score (nSPS) is 9.81. The zero-order valence-corrected chi connectivity index (χ0v) is 17.3. The van der Waals surface area contributed by atoms with Crippen molar-refractivity contribution in [2.45, 2.75) is 20.0 Å². The molecule has 0 bridgehead atoms. The summed E-state index contributed by atoms with van der Waals surface area (Å²) in [6, 6.07) is 32.5. The van der Waals surface area contributed by atoms with Crippen LogP contribution in [-0.2, 0) is 6.16 Å². The van der Waals surface area contributed by atoms with Crippen LogP contribution in [0.15, 0.2) is 91.0 Å². The number of rotatable bonds is 6. The first kappa shape index (κ1) is 22.4. The van der Waals surface area contributed by atoms with Crippen LogP contribution in [-0.4, -0.2) is 13.1 Å². The molecule has 0 aliphatic heterocycles. The predicted molar refractivity (Wildman–Crippen MR) is 121 cm³/mol. The third-order valence-corrected chi connectivity index (χ3v) is 6.34. The summed E-state index contributed by atoms with van der Waals surface area (Å²) in [7, 11) is -0.327. The van der Waals surface area contributed by atoms with Crippen LogP contribution >= 0.6 is 20.3 Å². The lowest BCUT2D eigenvalue weighted by molar-refractivity contribution is 0.762. The highest BCUT2D eigenvalue weighted by atomic mass is 35.5. The van der Waals surface area contributed by atoms with Gasteiger partial charge < -0.3 is 5.32 Å². The predicted octanol–water partition coefficient (Wildman–Crippen LogP) is 5.36. The van der Waals surface area contributed by atoms with Gasteiger partial charge in [0.15, 0.2) is 0 Å². The molecule has 3 heteroatoms. The molecule has 0 unspecified atom stereocenters. The molecule has 0 spiro atoms. The largest absolute Gasteiger partial charge is 0.317 e. The molecule has 0 fully saturated rings. The van der Waals surface area contributed by atoms with Crippen molar-refractivity contribution in [2.75, 3.05) is 13.1 Å². The van der Waals surface area contributed by atoms with Gasteiger partial charge in [0.25, 0.3) is 0 Å². The Bertz CT molecular complexity index is 648. The standard InChI is InChI=1S/C19H17P.C4H11N.ClH/c1-4-10-17(11-5-1)16-20(18-12-6-2-7-13-18)19-14-8-3-9-15-19;1-3-5-4-2;/h1-15H,16H2;5H,3-4H2,1-2H3;1H. The van der Waals surface area contributed by atoms with Crippen molar-refractivity contribution in [3.8, 4) is 0 Å².